The molecule has 1 aromatic rings. The van der Waals surface area contributed by atoms with E-state index in [4.69, 9.17) is 0 Å². The van der Waals surface area contributed by atoms with E-state index in [9.17, 15) is 18.0 Å². The van der Waals surface area contributed by atoms with Gasteiger partial charge in [-0.25, -0.2) is 13.2 Å². The summed E-state index contributed by atoms with van der Waals surface area (Å²) in [5, 5.41) is 8.09. The molecule has 8 heteroatoms. The summed E-state index contributed by atoms with van der Waals surface area (Å²) in [4.78, 5) is 23.3. The smallest absolute Gasteiger partial charge is 0.319 e. The highest BCUT2D eigenvalue weighted by molar-refractivity contribution is 7.91. The molecule has 0 spiro atoms. The zero-order chi connectivity index (χ0) is 17.1. The summed E-state index contributed by atoms with van der Waals surface area (Å²) in [6, 6.07) is 6.25. The lowest BCUT2D eigenvalue weighted by Gasteiger charge is -2.24. The van der Waals surface area contributed by atoms with E-state index in [1.54, 1.807) is 38.1 Å². The number of rotatable bonds is 4. The summed E-state index contributed by atoms with van der Waals surface area (Å²) in [7, 11) is -3.07. The van der Waals surface area contributed by atoms with E-state index in [2.05, 4.69) is 16.0 Å². The predicted octanol–water partition coefficient (Wildman–Crippen LogP) is 1.73. The van der Waals surface area contributed by atoms with Gasteiger partial charge in [0, 0.05) is 17.8 Å². The van der Waals surface area contributed by atoms with Crippen LogP contribution in [0, 0.1) is 0 Å². The molecule has 1 aliphatic heterocycles. The maximum absolute atomic E-state index is 12.0. The topological polar surface area (TPSA) is 104 Å². The number of nitrogens with one attached hydrogen (secondary N) is 3. The Morgan fingerprint density at radius 3 is 2.17 bits per heavy atom. The fourth-order valence-corrected chi connectivity index (χ4v) is 4.52. The number of hydrogen-bond acceptors (Lipinski definition) is 4. The minimum absolute atomic E-state index is 0.0462. The van der Waals surface area contributed by atoms with E-state index in [-0.39, 0.29) is 17.4 Å². The molecule has 1 aromatic carbocycles. The zero-order valence-electron chi connectivity index (χ0n) is 13.2. The Morgan fingerprint density at radius 1 is 1.13 bits per heavy atom. The fourth-order valence-electron chi connectivity index (χ4n) is 2.43. The van der Waals surface area contributed by atoms with E-state index in [0.29, 0.717) is 24.2 Å². The van der Waals surface area contributed by atoms with Crippen LogP contribution in [0.15, 0.2) is 24.3 Å². The van der Waals surface area contributed by atoms with E-state index in [0.717, 1.165) is 0 Å². The first-order valence-electron chi connectivity index (χ1n) is 7.41. The van der Waals surface area contributed by atoms with Crippen molar-refractivity contribution in [1.29, 1.82) is 0 Å². The average molecular weight is 339 g/mol. The monoisotopic (exact) mass is 339 g/mol. The second-order valence-electron chi connectivity index (χ2n) is 5.96. The molecule has 0 radical (unpaired) electrons. The van der Waals surface area contributed by atoms with Gasteiger partial charge in [-0.2, -0.15) is 0 Å². The first-order valence-corrected chi connectivity index (χ1v) is 9.23. The highest BCUT2D eigenvalue weighted by Gasteiger charge is 2.39. The molecule has 3 N–H and O–H groups in total. The van der Waals surface area contributed by atoms with Crippen LogP contribution in [0.25, 0.3) is 0 Å². The van der Waals surface area contributed by atoms with Gasteiger partial charge in [-0.15, -0.1) is 0 Å². The molecular formula is C15H21N3O4S. The maximum atomic E-state index is 12.0. The van der Waals surface area contributed by atoms with Gasteiger partial charge in [0.25, 0.3) is 0 Å². The minimum atomic E-state index is -3.07. The standard InChI is InChI=1S/C15H21N3O4S/c1-3-13(19)16-11-4-6-12(7-5-11)17-14(20)18-15(2)8-9-23(21,22)10-15/h4-7H,3,8-10H2,1-2H3,(H,16,19)(H2,17,18,20). The lowest BCUT2D eigenvalue weighted by molar-refractivity contribution is -0.115. The number of anilines is 2. The molecule has 3 amide bonds. The van der Waals surface area contributed by atoms with Gasteiger partial charge in [0.1, 0.15) is 0 Å². The molecule has 0 bridgehead atoms. The van der Waals surface area contributed by atoms with Crippen molar-refractivity contribution in [2.24, 2.45) is 0 Å². The van der Waals surface area contributed by atoms with Gasteiger partial charge >= 0.3 is 6.03 Å². The molecule has 1 atom stereocenters. The number of hydrogen-bond donors (Lipinski definition) is 3. The van der Waals surface area contributed by atoms with Crippen LogP contribution < -0.4 is 16.0 Å². The van der Waals surface area contributed by atoms with Gasteiger partial charge in [-0.3, -0.25) is 4.79 Å². The summed E-state index contributed by atoms with van der Waals surface area (Å²) in [5.74, 6) is -0.0378. The number of amides is 3. The Morgan fingerprint density at radius 2 is 1.70 bits per heavy atom. The molecule has 23 heavy (non-hydrogen) atoms. The number of carbonyl (C=O) groups excluding carboxylic acids is 2. The SMILES string of the molecule is CCC(=O)Nc1ccc(NC(=O)NC2(C)CCS(=O)(=O)C2)cc1. The largest absolute Gasteiger partial charge is 0.332 e. The molecule has 1 aliphatic rings. The van der Waals surface area contributed by atoms with Crippen LogP contribution in [-0.2, 0) is 14.6 Å². The molecule has 1 fully saturated rings. The normalized spacial score (nSPS) is 22.3. The van der Waals surface area contributed by atoms with Crippen LogP contribution in [0.4, 0.5) is 16.2 Å². The summed E-state index contributed by atoms with van der Waals surface area (Å²) in [6.07, 6.45) is 0.800. The Labute approximate surface area is 135 Å². The molecule has 0 aromatic heterocycles. The first kappa shape index (κ1) is 17.3. The van der Waals surface area contributed by atoms with Crippen LogP contribution in [0.5, 0.6) is 0 Å². The molecule has 1 saturated heterocycles. The van der Waals surface area contributed by atoms with Crippen LogP contribution in [0.3, 0.4) is 0 Å². The van der Waals surface area contributed by atoms with Crippen molar-refractivity contribution < 1.29 is 18.0 Å². The number of sulfone groups is 1. The van der Waals surface area contributed by atoms with Gasteiger partial charge in [-0.1, -0.05) is 6.92 Å². The lowest BCUT2D eigenvalue weighted by atomic mass is 10.0. The number of urea groups is 1. The quantitative estimate of drug-likeness (QED) is 0.777. The van der Waals surface area contributed by atoms with Crippen molar-refractivity contribution in [2.75, 3.05) is 22.1 Å². The molecule has 7 nitrogen and oxygen atoms in total. The summed E-state index contributed by atoms with van der Waals surface area (Å²) in [6.45, 7) is 3.49. The maximum Gasteiger partial charge on any atom is 0.319 e. The van der Waals surface area contributed by atoms with Crippen molar-refractivity contribution in [3.8, 4) is 0 Å². The van der Waals surface area contributed by atoms with Crippen LogP contribution in [-0.4, -0.2) is 37.4 Å². The fraction of sp³-hybridized carbons (Fsp3) is 0.467. The first-order chi connectivity index (χ1) is 10.7. The van der Waals surface area contributed by atoms with Gasteiger partial charge in [0.15, 0.2) is 9.84 Å². The van der Waals surface area contributed by atoms with Crippen LogP contribution in [0.1, 0.15) is 26.7 Å². The average Bonchev–Trinajstić information content (AvgIpc) is 2.74. The minimum Gasteiger partial charge on any atom is -0.332 e. The van der Waals surface area contributed by atoms with E-state index in [1.807, 2.05) is 0 Å². The molecule has 0 aliphatic carbocycles. The van der Waals surface area contributed by atoms with Gasteiger partial charge in [0.05, 0.1) is 17.0 Å². The number of benzene rings is 1. The Bertz CT molecular complexity index is 700. The third kappa shape index (κ3) is 4.95. The Kier molecular flexibility index (Phi) is 4.93. The highest BCUT2D eigenvalue weighted by atomic mass is 32.2. The summed E-state index contributed by atoms with van der Waals surface area (Å²) in [5.41, 5.74) is 0.468. The lowest BCUT2D eigenvalue weighted by Crippen LogP contribution is -2.48. The number of carbonyl (C=O) groups is 2. The molecule has 126 valence electrons. The van der Waals surface area contributed by atoms with Gasteiger partial charge < -0.3 is 16.0 Å². The summed E-state index contributed by atoms with van der Waals surface area (Å²) < 4.78 is 23.1. The highest BCUT2D eigenvalue weighted by Crippen LogP contribution is 2.23. The van der Waals surface area contributed by atoms with E-state index in [1.165, 1.54) is 0 Å². The summed E-state index contributed by atoms with van der Waals surface area (Å²) >= 11 is 0. The van der Waals surface area contributed by atoms with Crippen LogP contribution >= 0.6 is 0 Å². The molecule has 2 rings (SSSR count). The zero-order valence-corrected chi connectivity index (χ0v) is 14.0. The predicted molar refractivity (Wildman–Crippen MR) is 89.2 cm³/mol. The van der Waals surface area contributed by atoms with Gasteiger partial charge in [-0.05, 0) is 37.6 Å². The molecular weight excluding hydrogens is 318 g/mol. The Balaban J connectivity index is 1.92. The third-order valence-electron chi connectivity index (χ3n) is 3.67. The molecule has 0 saturated carbocycles. The van der Waals surface area contributed by atoms with Crippen molar-refractivity contribution >= 4 is 33.2 Å². The van der Waals surface area contributed by atoms with Crippen molar-refractivity contribution in [3.63, 3.8) is 0 Å². The second-order valence-corrected chi connectivity index (χ2v) is 8.14. The van der Waals surface area contributed by atoms with E-state index >= 15 is 0 Å². The molecule has 1 heterocycles. The van der Waals surface area contributed by atoms with Crippen LogP contribution in [0.2, 0.25) is 0 Å². The Hall–Kier alpha value is -2.09. The molecule has 1 unspecified atom stereocenters. The van der Waals surface area contributed by atoms with E-state index < -0.39 is 21.4 Å². The van der Waals surface area contributed by atoms with Crippen molar-refractivity contribution in [2.45, 2.75) is 32.2 Å². The van der Waals surface area contributed by atoms with Gasteiger partial charge in [0.2, 0.25) is 5.91 Å². The third-order valence-corrected chi connectivity index (χ3v) is 5.57. The second kappa shape index (κ2) is 6.57. The van der Waals surface area contributed by atoms with Crippen molar-refractivity contribution in [3.05, 3.63) is 24.3 Å². The van der Waals surface area contributed by atoms with Crippen molar-refractivity contribution in [1.82, 2.24) is 5.32 Å².